The van der Waals surface area contributed by atoms with E-state index in [9.17, 15) is 4.79 Å². The molecule has 3 rings (SSSR count). The highest BCUT2D eigenvalue weighted by molar-refractivity contribution is 5.67. The van der Waals surface area contributed by atoms with Crippen LogP contribution in [0.3, 0.4) is 0 Å². The minimum absolute atomic E-state index is 0.124. The van der Waals surface area contributed by atoms with Gasteiger partial charge in [-0.2, -0.15) is 0 Å². The summed E-state index contributed by atoms with van der Waals surface area (Å²) in [5, 5.41) is 0. The number of pyridine rings is 1. The monoisotopic (exact) mass is 287 g/mol. The number of aromatic amines is 2. The van der Waals surface area contributed by atoms with Crippen LogP contribution in [-0.2, 0) is 0 Å². The van der Waals surface area contributed by atoms with E-state index < -0.39 is 0 Å². The molecule has 0 aromatic carbocycles. The van der Waals surface area contributed by atoms with Crippen molar-refractivity contribution in [2.45, 2.75) is 46.1 Å². The summed E-state index contributed by atoms with van der Waals surface area (Å²) < 4.78 is 0. The second-order valence-corrected chi connectivity index (χ2v) is 6.11. The highest BCUT2D eigenvalue weighted by atomic mass is 16.1. The van der Waals surface area contributed by atoms with Crippen LogP contribution in [0.5, 0.6) is 0 Å². The highest BCUT2D eigenvalue weighted by Gasteiger charge is 2.29. The first kappa shape index (κ1) is 14.0. The zero-order valence-electron chi connectivity index (χ0n) is 12.9. The number of nitrogens with zero attached hydrogens (tertiary/aromatic N) is 2. The highest BCUT2D eigenvalue weighted by Crippen LogP contribution is 2.27. The summed E-state index contributed by atoms with van der Waals surface area (Å²) in [5.41, 5.74) is 1.87. The van der Waals surface area contributed by atoms with Crippen LogP contribution in [0.25, 0.3) is 11.2 Å². The normalized spacial score (nSPS) is 22.7. The lowest BCUT2D eigenvalue weighted by Crippen LogP contribution is -2.44. The molecule has 2 unspecified atom stereocenters. The predicted molar refractivity (Wildman–Crippen MR) is 83.5 cm³/mol. The van der Waals surface area contributed by atoms with E-state index in [1.807, 2.05) is 12.1 Å². The van der Waals surface area contributed by atoms with Crippen LogP contribution in [0, 0.1) is 12.8 Å². The van der Waals surface area contributed by atoms with E-state index in [1.165, 1.54) is 19.3 Å². The number of anilines is 1. The molecular weight excluding hydrogens is 264 g/mol. The summed E-state index contributed by atoms with van der Waals surface area (Å²) in [4.78, 5) is 24.6. The van der Waals surface area contributed by atoms with Gasteiger partial charge < -0.3 is 4.98 Å². The van der Waals surface area contributed by atoms with Gasteiger partial charge in [0.05, 0.1) is 12.6 Å². The topological polar surface area (TPSA) is 63.1 Å². The fraction of sp³-hybridized carbons (Fsp3) is 0.562. The standard InChI is InChI=1S/C16H22N4O/c1-4-12-6-5-10(2)20(9-12)14-8-7-13-15(19-14)17-11(3)16(21)18-13/h7-8,10,12H,4-6,9H2,1-3H3,(H,18,21)/p+1. The van der Waals surface area contributed by atoms with Crippen LogP contribution in [0.2, 0.25) is 0 Å². The summed E-state index contributed by atoms with van der Waals surface area (Å²) in [7, 11) is 0. The Bertz CT molecular complexity index is 709. The Kier molecular flexibility index (Phi) is 3.66. The van der Waals surface area contributed by atoms with Gasteiger partial charge in [-0.25, -0.2) is 4.98 Å². The maximum atomic E-state index is 11.6. The van der Waals surface area contributed by atoms with Crippen molar-refractivity contribution >= 4 is 17.0 Å². The van der Waals surface area contributed by atoms with Crippen LogP contribution in [0.15, 0.2) is 16.9 Å². The Hall–Kier alpha value is -1.91. The molecule has 1 saturated heterocycles. The molecule has 1 aliphatic rings. The summed E-state index contributed by atoms with van der Waals surface area (Å²) in [6.45, 7) is 7.35. The van der Waals surface area contributed by atoms with Gasteiger partial charge in [0.25, 0.3) is 11.2 Å². The molecule has 1 fully saturated rings. The summed E-state index contributed by atoms with van der Waals surface area (Å²) in [6.07, 6.45) is 3.76. The van der Waals surface area contributed by atoms with Crippen molar-refractivity contribution < 1.29 is 4.98 Å². The molecule has 3 heterocycles. The molecule has 21 heavy (non-hydrogen) atoms. The lowest BCUT2D eigenvalue weighted by atomic mass is 9.91. The quantitative estimate of drug-likeness (QED) is 0.919. The molecular formula is C16H23N4O+. The summed E-state index contributed by atoms with van der Waals surface area (Å²) in [6, 6.07) is 4.52. The van der Waals surface area contributed by atoms with Gasteiger partial charge in [-0.1, -0.05) is 13.3 Å². The zero-order chi connectivity index (χ0) is 15.0. The maximum Gasteiger partial charge on any atom is 0.286 e. The fourth-order valence-electron chi connectivity index (χ4n) is 3.11. The number of piperidine rings is 1. The van der Waals surface area contributed by atoms with E-state index in [0.29, 0.717) is 11.7 Å². The molecule has 2 aromatic rings. The largest absolute Gasteiger partial charge is 0.314 e. The smallest absolute Gasteiger partial charge is 0.286 e. The minimum atomic E-state index is -0.124. The Balaban J connectivity index is 1.99. The number of hydrogen-bond acceptors (Lipinski definition) is 3. The molecule has 2 N–H and O–H groups in total. The molecule has 0 aliphatic carbocycles. The lowest BCUT2D eigenvalue weighted by molar-refractivity contribution is -0.334. The van der Waals surface area contributed by atoms with E-state index in [-0.39, 0.29) is 5.56 Å². The molecule has 1 aliphatic heterocycles. The van der Waals surface area contributed by atoms with Crippen molar-refractivity contribution in [2.75, 3.05) is 11.4 Å². The third kappa shape index (κ3) is 2.64. The van der Waals surface area contributed by atoms with E-state index in [2.05, 4.69) is 33.7 Å². The number of nitrogens with one attached hydrogen (secondary N) is 2. The van der Waals surface area contributed by atoms with Crippen molar-refractivity contribution in [3.05, 3.63) is 28.2 Å². The maximum absolute atomic E-state index is 11.6. The zero-order valence-corrected chi connectivity index (χ0v) is 12.9. The number of H-pyrrole nitrogens is 2. The van der Waals surface area contributed by atoms with Gasteiger partial charge in [-0.05, 0) is 38.7 Å². The Morgan fingerprint density at radius 1 is 1.43 bits per heavy atom. The number of hydrogen-bond donors (Lipinski definition) is 1. The molecule has 0 bridgehead atoms. The van der Waals surface area contributed by atoms with Gasteiger partial charge in [0.15, 0.2) is 5.69 Å². The molecule has 2 aromatic heterocycles. The average molecular weight is 287 g/mol. The molecule has 5 heteroatoms. The van der Waals surface area contributed by atoms with Gasteiger partial charge in [0.1, 0.15) is 5.52 Å². The first-order chi connectivity index (χ1) is 10.1. The molecule has 5 nitrogen and oxygen atoms in total. The van der Waals surface area contributed by atoms with Crippen molar-refractivity contribution in [3.8, 4) is 0 Å². The second kappa shape index (κ2) is 5.47. The Morgan fingerprint density at radius 2 is 2.24 bits per heavy atom. The van der Waals surface area contributed by atoms with Crippen LogP contribution < -0.4 is 15.4 Å². The van der Waals surface area contributed by atoms with Gasteiger partial charge in [-0.3, -0.25) is 9.69 Å². The molecule has 0 amide bonds. The van der Waals surface area contributed by atoms with E-state index >= 15 is 0 Å². The third-order valence-corrected chi connectivity index (χ3v) is 4.63. The number of rotatable bonds is 2. The predicted octanol–water partition coefficient (Wildman–Crippen LogP) is 2.06. The first-order valence-electron chi connectivity index (χ1n) is 7.78. The Labute approximate surface area is 124 Å². The van der Waals surface area contributed by atoms with Gasteiger partial charge in [0, 0.05) is 6.07 Å². The molecule has 0 saturated carbocycles. The number of aryl methyl sites for hydroxylation is 1. The summed E-state index contributed by atoms with van der Waals surface area (Å²) in [5.74, 6) is 1.85. The fourth-order valence-corrected chi connectivity index (χ4v) is 3.11. The number of aromatic nitrogens is 3. The van der Waals surface area contributed by atoms with E-state index in [1.54, 1.807) is 6.92 Å². The SMILES string of the molecule is CCC1CCC(C)N(c2ccc3[nH]c(=O)c(C)nc3[nH+]2)C1. The number of fused-ring (bicyclic) bond motifs is 1. The van der Waals surface area contributed by atoms with Gasteiger partial charge >= 0.3 is 0 Å². The van der Waals surface area contributed by atoms with Crippen molar-refractivity contribution in [2.24, 2.45) is 5.92 Å². The Morgan fingerprint density at radius 3 is 3.00 bits per heavy atom. The van der Waals surface area contributed by atoms with Crippen LogP contribution in [0.1, 0.15) is 38.8 Å². The average Bonchev–Trinajstić information content (AvgIpc) is 2.48. The third-order valence-electron chi connectivity index (χ3n) is 4.63. The van der Waals surface area contributed by atoms with Crippen LogP contribution >= 0.6 is 0 Å². The van der Waals surface area contributed by atoms with Crippen molar-refractivity contribution in [3.63, 3.8) is 0 Å². The molecule has 0 radical (unpaired) electrons. The van der Waals surface area contributed by atoms with E-state index in [0.717, 1.165) is 29.4 Å². The van der Waals surface area contributed by atoms with Crippen molar-refractivity contribution in [1.29, 1.82) is 0 Å². The van der Waals surface area contributed by atoms with Gasteiger partial charge in [0.2, 0.25) is 5.82 Å². The van der Waals surface area contributed by atoms with Gasteiger partial charge in [-0.15, -0.1) is 4.98 Å². The molecule has 112 valence electrons. The molecule has 0 spiro atoms. The minimum Gasteiger partial charge on any atom is -0.314 e. The van der Waals surface area contributed by atoms with Crippen molar-refractivity contribution in [1.82, 2.24) is 9.97 Å². The first-order valence-corrected chi connectivity index (χ1v) is 7.78. The summed E-state index contributed by atoms with van der Waals surface area (Å²) >= 11 is 0. The lowest BCUT2D eigenvalue weighted by Gasteiger charge is -2.34. The van der Waals surface area contributed by atoms with E-state index in [4.69, 9.17) is 0 Å². The molecule has 2 atom stereocenters. The second-order valence-electron chi connectivity index (χ2n) is 6.11. The van der Waals surface area contributed by atoms with Crippen LogP contribution in [0.4, 0.5) is 5.82 Å². The van der Waals surface area contributed by atoms with Crippen LogP contribution in [-0.4, -0.2) is 22.6 Å².